The number of hydrogen-bond donors (Lipinski definition) is 1. The second kappa shape index (κ2) is 8.48. The summed E-state index contributed by atoms with van der Waals surface area (Å²) in [6.45, 7) is 8.54. The van der Waals surface area contributed by atoms with E-state index in [1.54, 1.807) is 7.11 Å². The number of ether oxygens (including phenoxy) is 1. The number of rotatable bonds is 7. The van der Waals surface area contributed by atoms with Gasteiger partial charge in [-0.1, -0.05) is 6.92 Å². The third kappa shape index (κ3) is 5.36. The Morgan fingerprint density at radius 1 is 1.44 bits per heavy atom. The van der Waals surface area contributed by atoms with Crippen molar-refractivity contribution < 1.29 is 9.53 Å². The summed E-state index contributed by atoms with van der Waals surface area (Å²) in [5.74, 6) is 1.69. The van der Waals surface area contributed by atoms with E-state index in [4.69, 9.17) is 4.74 Å². The number of carbonyl (C=O) groups excluding carboxylic acids is 1. The number of piperidine rings is 1. The zero-order valence-electron chi connectivity index (χ0n) is 12.1. The first kappa shape index (κ1) is 15.4. The average molecular weight is 256 g/mol. The lowest BCUT2D eigenvalue weighted by molar-refractivity contribution is -0.122. The van der Waals surface area contributed by atoms with Crippen LogP contribution in [0.15, 0.2) is 0 Å². The van der Waals surface area contributed by atoms with Crippen LogP contribution in [0.2, 0.25) is 0 Å². The van der Waals surface area contributed by atoms with Crippen LogP contribution in [0.25, 0.3) is 0 Å². The van der Waals surface area contributed by atoms with Crippen LogP contribution in [0.3, 0.4) is 0 Å². The Hall–Kier alpha value is -0.610. The van der Waals surface area contributed by atoms with Crippen molar-refractivity contribution >= 4 is 5.91 Å². The van der Waals surface area contributed by atoms with Gasteiger partial charge in [-0.2, -0.15) is 0 Å². The van der Waals surface area contributed by atoms with E-state index < -0.39 is 0 Å². The minimum absolute atomic E-state index is 0.156. The van der Waals surface area contributed by atoms with Crippen molar-refractivity contribution in [1.29, 1.82) is 0 Å². The first-order valence-corrected chi connectivity index (χ1v) is 7.15. The Morgan fingerprint density at radius 3 is 2.67 bits per heavy atom. The molecule has 0 aromatic heterocycles. The highest BCUT2D eigenvalue weighted by Gasteiger charge is 2.24. The number of likely N-dealkylation sites (N-methyl/N-ethyl adjacent to an activating group) is 1. The van der Waals surface area contributed by atoms with E-state index in [2.05, 4.69) is 17.1 Å². The summed E-state index contributed by atoms with van der Waals surface area (Å²) >= 11 is 0. The fourth-order valence-electron chi connectivity index (χ4n) is 2.68. The number of nitrogens with zero attached hydrogens (tertiary/aromatic N) is 1. The van der Waals surface area contributed by atoms with Gasteiger partial charge in [0.2, 0.25) is 5.91 Å². The fraction of sp³-hybridized carbons (Fsp3) is 0.929. The minimum Gasteiger partial charge on any atom is -0.385 e. The van der Waals surface area contributed by atoms with E-state index in [9.17, 15) is 4.79 Å². The highest BCUT2D eigenvalue weighted by molar-refractivity contribution is 5.77. The van der Waals surface area contributed by atoms with Crippen LogP contribution in [0.1, 0.15) is 33.1 Å². The van der Waals surface area contributed by atoms with E-state index in [0.29, 0.717) is 6.54 Å². The van der Waals surface area contributed by atoms with Crippen molar-refractivity contribution in [2.24, 2.45) is 11.8 Å². The highest BCUT2D eigenvalue weighted by Crippen LogP contribution is 2.26. The van der Waals surface area contributed by atoms with Crippen LogP contribution in [-0.2, 0) is 9.53 Å². The molecule has 4 heteroatoms. The molecule has 0 unspecified atom stereocenters. The van der Waals surface area contributed by atoms with E-state index in [0.717, 1.165) is 44.5 Å². The summed E-state index contributed by atoms with van der Waals surface area (Å²) in [5, 5.41) is 2.86. The van der Waals surface area contributed by atoms with Crippen molar-refractivity contribution in [2.75, 3.05) is 39.9 Å². The van der Waals surface area contributed by atoms with Gasteiger partial charge in [0, 0.05) is 20.3 Å². The number of amides is 1. The summed E-state index contributed by atoms with van der Waals surface area (Å²) in [7, 11) is 1.77. The van der Waals surface area contributed by atoms with E-state index in [-0.39, 0.29) is 5.91 Å². The van der Waals surface area contributed by atoms with Gasteiger partial charge in [-0.25, -0.2) is 0 Å². The van der Waals surface area contributed by atoms with Gasteiger partial charge in [-0.15, -0.1) is 0 Å². The van der Waals surface area contributed by atoms with Gasteiger partial charge in [-0.05, 0) is 51.1 Å². The Morgan fingerprint density at radius 2 is 2.11 bits per heavy atom. The molecule has 0 spiro atoms. The molecule has 0 radical (unpaired) electrons. The van der Waals surface area contributed by atoms with Crippen molar-refractivity contribution in [3.05, 3.63) is 0 Å². The Bertz CT molecular complexity index is 238. The van der Waals surface area contributed by atoms with Crippen LogP contribution in [0.5, 0.6) is 0 Å². The molecule has 1 fully saturated rings. The van der Waals surface area contributed by atoms with Gasteiger partial charge in [0.05, 0.1) is 6.54 Å². The molecule has 0 aromatic carbocycles. The van der Waals surface area contributed by atoms with Gasteiger partial charge >= 0.3 is 0 Å². The molecule has 4 nitrogen and oxygen atoms in total. The smallest absolute Gasteiger partial charge is 0.234 e. The van der Waals surface area contributed by atoms with Crippen LogP contribution in [-0.4, -0.2) is 50.7 Å². The standard InChI is InChI=1S/C14H28N2O2/c1-4-15-14(17)11-16-8-5-13(6-9-16)12(2)7-10-18-3/h12-13H,4-11H2,1-3H3,(H,15,17)/t12-/m0/s1. The molecule has 0 saturated carbocycles. The summed E-state index contributed by atoms with van der Waals surface area (Å²) < 4.78 is 5.14. The number of hydrogen-bond acceptors (Lipinski definition) is 3. The second-order valence-corrected chi connectivity index (χ2v) is 5.33. The predicted molar refractivity (Wildman–Crippen MR) is 73.5 cm³/mol. The van der Waals surface area contributed by atoms with Gasteiger partial charge in [0.15, 0.2) is 0 Å². The topological polar surface area (TPSA) is 41.6 Å². The van der Waals surface area contributed by atoms with Gasteiger partial charge in [0.25, 0.3) is 0 Å². The first-order chi connectivity index (χ1) is 8.67. The molecular formula is C14H28N2O2. The molecule has 1 aliphatic heterocycles. The SMILES string of the molecule is CCNC(=O)CN1CCC([C@@H](C)CCOC)CC1. The van der Waals surface area contributed by atoms with Gasteiger partial charge in [0.1, 0.15) is 0 Å². The molecule has 1 N–H and O–H groups in total. The lowest BCUT2D eigenvalue weighted by Gasteiger charge is -2.34. The third-order valence-electron chi connectivity index (χ3n) is 3.96. The zero-order chi connectivity index (χ0) is 13.4. The first-order valence-electron chi connectivity index (χ1n) is 7.15. The maximum absolute atomic E-state index is 11.5. The largest absolute Gasteiger partial charge is 0.385 e. The molecule has 1 rings (SSSR count). The van der Waals surface area contributed by atoms with Crippen molar-refractivity contribution in [3.63, 3.8) is 0 Å². The fourth-order valence-corrected chi connectivity index (χ4v) is 2.68. The van der Waals surface area contributed by atoms with Crippen LogP contribution >= 0.6 is 0 Å². The molecule has 0 aliphatic carbocycles. The molecule has 18 heavy (non-hydrogen) atoms. The molecule has 1 heterocycles. The monoisotopic (exact) mass is 256 g/mol. The Kier molecular flexibility index (Phi) is 7.28. The molecule has 106 valence electrons. The molecule has 0 aromatic rings. The maximum atomic E-state index is 11.5. The molecule has 0 bridgehead atoms. The quantitative estimate of drug-likeness (QED) is 0.750. The van der Waals surface area contributed by atoms with Crippen LogP contribution < -0.4 is 5.32 Å². The van der Waals surface area contributed by atoms with E-state index >= 15 is 0 Å². The second-order valence-electron chi connectivity index (χ2n) is 5.33. The summed E-state index contributed by atoms with van der Waals surface area (Å²) in [4.78, 5) is 13.8. The number of carbonyl (C=O) groups is 1. The molecule has 1 atom stereocenters. The van der Waals surface area contributed by atoms with Crippen molar-refractivity contribution in [2.45, 2.75) is 33.1 Å². The van der Waals surface area contributed by atoms with Crippen LogP contribution in [0.4, 0.5) is 0 Å². The highest BCUT2D eigenvalue weighted by atomic mass is 16.5. The molecule has 1 saturated heterocycles. The van der Waals surface area contributed by atoms with E-state index in [1.807, 2.05) is 6.92 Å². The maximum Gasteiger partial charge on any atom is 0.234 e. The number of nitrogens with one attached hydrogen (secondary N) is 1. The minimum atomic E-state index is 0.156. The average Bonchev–Trinajstić information content (AvgIpc) is 2.37. The molecule has 1 aliphatic rings. The number of methoxy groups -OCH3 is 1. The normalized spacial score (nSPS) is 19.7. The Balaban J connectivity index is 2.21. The lowest BCUT2D eigenvalue weighted by atomic mass is 9.84. The molecular weight excluding hydrogens is 228 g/mol. The summed E-state index contributed by atoms with van der Waals surface area (Å²) in [6.07, 6.45) is 3.58. The predicted octanol–water partition coefficient (Wildman–Crippen LogP) is 1.51. The van der Waals surface area contributed by atoms with Crippen LogP contribution in [0, 0.1) is 11.8 Å². The Labute approximate surface area is 111 Å². The summed E-state index contributed by atoms with van der Waals surface area (Å²) in [5.41, 5.74) is 0. The summed E-state index contributed by atoms with van der Waals surface area (Å²) in [6, 6.07) is 0. The van der Waals surface area contributed by atoms with Crippen molar-refractivity contribution in [1.82, 2.24) is 10.2 Å². The number of likely N-dealkylation sites (tertiary alicyclic amines) is 1. The van der Waals surface area contributed by atoms with Gasteiger partial charge < -0.3 is 10.1 Å². The molecule has 1 amide bonds. The third-order valence-corrected chi connectivity index (χ3v) is 3.96. The van der Waals surface area contributed by atoms with E-state index in [1.165, 1.54) is 12.8 Å². The van der Waals surface area contributed by atoms with Crippen molar-refractivity contribution in [3.8, 4) is 0 Å². The zero-order valence-corrected chi connectivity index (χ0v) is 12.1. The van der Waals surface area contributed by atoms with Gasteiger partial charge in [-0.3, -0.25) is 9.69 Å². The lowest BCUT2D eigenvalue weighted by Crippen LogP contribution is -2.42.